The van der Waals surface area contributed by atoms with Crippen molar-refractivity contribution < 1.29 is 17.2 Å². The van der Waals surface area contributed by atoms with Gasteiger partial charge in [-0.2, -0.15) is 0 Å². The van der Waals surface area contributed by atoms with Crippen LogP contribution in [0.4, 0.5) is 14.5 Å². The highest BCUT2D eigenvalue weighted by Gasteiger charge is 2.21. The number of aromatic nitrogens is 2. The zero-order valence-electron chi connectivity index (χ0n) is 26.0. The van der Waals surface area contributed by atoms with E-state index in [-0.39, 0.29) is 16.7 Å². The molecule has 0 amide bonds. The molecular formula is C36H36F2N4O2S2. The fourth-order valence-electron chi connectivity index (χ4n) is 5.32. The van der Waals surface area contributed by atoms with Gasteiger partial charge in [0.05, 0.1) is 22.0 Å². The third-order valence-corrected chi connectivity index (χ3v) is 10.6. The lowest BCUT2D eigenvalue weighted by Crippen LogP contribution is -2.14. The molecule has 0 spiro atoms. The molecule has 2 heterocycles. The van der Waals surface area contributed by atoms with Crippen molar-refractivity contribution in [2.24, 2.45) is 5.41 Å². The Morgan fingerprint density at radius 3 is 2.37 bits per heavy atom. The minimum absolute atomic E-state index is 0.0730. The van der Waals surface area contributed by atoms with Gasteiger partial charge in [-0.05, 0) is 71.0 Å². The summed E-state index contributed by atoms with van der Waals surface area (Å²) in [7, 11) is -3.41. The minimum Gasteiger partial charge on any atom is -0.303 e. The van der Waals surface area contributed by atoms with E-state index in [4.69, 9.17) is 4.98 Å². The molecule has 1 aliphatic rings. The molecule has 46 heavy (non-hydrogen) atoms. The van der Waals surface area contributed by atoms with Gasteiger partial charge in [0.2, 0.25) is 0 Å². The first-order chi connectivity index (χ1) is 21.9. The maximum absolute atomic E-state index is 14.8. The third kappa shape index (κ3) is 7.35. The summed E-state index contributed by atoms with van der Waals surface area (Å²) in [5.74, 6) is -0.510. The second-order valence-corrected chi connectivity index (χ2v) is 15.7. The molecule has 5 aromatic rings. The van der Waals surface area contributed by atoms with E-state index in [1.54, 1.807) is 36.5 Å². The summed E-state index contributed by atoms with van der Waals surface area (Å²) in [5, 5.41) is 0. The van der Waals surface area contributed by atoms with E-state index in [0.717, 1.165) is 47.2 Å². The zero-order valence-corrected chi connectivity index (χ0v) is 27.6. The number of hydrogen-bond acceptors (Lipinski definition) is 6. The third-order valence-electron chi connectivity index (χ3n) is 7.94. The Morgan fingerprint density at radius 2 is 1.65 bits per heavy atom. The van der Waals surface area contributed by atoms with E-state index in [1.807, 2.05) is 73.9 Å². The largest absolute Gasteiger partial charge is 0.303 e. The zero-order chi connectivity index (χ0) is 32.5. The summed E-state index contributed by atoms with van der Waals surface area (Å²) < 4.78 is 62.0. The fraction of sp³-hybridized carbons (Fsp3) is 0.250. The van der Waals surface area contributed by atoms with Crippen molar-refractivity contribution in [3.63, 3.8) is 0 Å². The molecular weight excluding hydrogens is 623 g/mol. The maximum atomic E-state index is 14.8. The highest BCUT2D eigenvalue weighted by Crippen LogP contribution is 2.31. The molecule has 1 aromatic heterocycles. The molecule has 0 saturated carbocycles. The topological polar surface area (TPSA) is 67.2 Å². The van der Waals surface area contributed by atoms with E-state index in [2.05, 4.69) is 15.1 Å². The molecule has 0 bridgehead atoms. The highest BCUT2D eigenvalue weighted by molar-refractivity contribution is 7.99. The fourth-order valence-corrected chi connectivity index (χ4v) is 7.76. The molecule has 238 valence electrons. The predicted octanol–water partition coefficient (Wildman–Crippen LogP) is 8.26. The number of sulfone groups is 1. The highest BCUT2D eigenvalue weighted by atomic mass is 32.2. The van der Waals surface area contributed by atoms with Gasteiger partial charge in [0.1, 0.15) is 17.5 Å². The van der Waals surface area contributed by atoms with Crippen molar-refractivity contribution in [3.05, 3.63) is 120 Å². The molecule has 0 atom stereocenters. The van der Waals surface area contributed by atoms with Gasteiger partial charge in [0, 0.05) is 55.2 Å². The first kappa shape index (κ1) is 32.0. The van der Waals surface area contributed by atoms with Crippen LogP contribution in [0.15, 0.2) is 102 Å². The average Bonchev–Trinajstić information content (AvgIpc) is 3.72. The smallest absolute Gasteiger partial charge is 0.178 e. The Kier molecular flexibility index (Phi) is 9.05. The standard InChI is InChI=1S/C36H36F2N4O2S2/c1-36(2,3)16-19-46(43,44)31-9-4-6-27(21-31)26-12-10-25(11-13-26)20-35-40-34(32-15-14-28(37)22-33(32)38)24-41(35)29-7-5-8-30(23-29)42-18-17-39-45-42/h4-15,21-24,39H,16-20H2,1-3H3. The van der Waals surface area contributed by atoms with Crippen LogP contribution in [0, 0.1) is 17.0 Å². The lowest BCUT2D eigenvalue weighted by atomic mass is 9.94. The number of imidazole rings is 1. The number of anilines is 1. The van der Waals surface area contributed by atoms with Crippen LogP contribution < -0.4 is 9.03 Å². The normalized spacial score (nSPS) is 13.8. The maximum Gasteiger partial charge on any atom is 0.178 e. The summed E-state index contributed by atoms with van der Waals surface area (Å²) >= 11 is 1.56. The van der Waals surface area contributed by atoms with Crippen LogP contribution in [0.2, 0.25) is 0 Å². The van der Waals surface area contributed by atoms with Gasteiger partial charge in [-0.1, -0.05) is 63.2 Å². The minimum atomic E-state index is -3.41. The lowest BCUT2D eigenvalue weighted by molar-refractivity contribution is 0.397. The first-order valence-electron chi connectivity index (χ1n) is 15.2. The number of hydrogen-bond donors (Lipinski definition) is 1. The monoisotopic (exact) mass is 658 g/mol. The Morgan fingerprint density at radius 1 is 0.891 bits per heavy atom. The van der Waals surface area contributed by atoms with Crippen LogP contribution in [0.1, 0.15) is 38.6 Å². The van der Waals surface area contributed by atoms with Crippen LogP contribution in [0.5, 0.6) is 0 Å². The van der Waals surface area contributed by atoms with Gasteiger partial charge in [-0.15, -0.1) is 0 Å². The van der Waals surface area contributed by atoms with Crippen molar-refractivity contribution in [2.45, 2.75) is 38.5 Å². The van der Waals surface area contributed by atoms with Gasteiger partial charge >= 0.3 is 0 Å². The molecule has 1 saturated heterocycles. The quantitative estimate of drug-likeness (QED) is 0.161. The lowest BCUT2D eigenvalue weighted by Gasteiger charge is -2.18. The summed E-state index contributed by atoms with van der Waals surface area (Å²) in [6.07, 6.45) is 2.83. The van der Waals surface area contributed by atoms with Crippen LogP contribution in [-0.4, -0.2) is 36.8 Å². The van der Waals surface area contributed by atoms with Gasteiger partial charge in [-0.3, -0.25) is 0 Å². The van der Waals surface area contributed by atoms with Crippen LogP contribution in [-0.2, 0) is 16.3 Å². The average molecular weight is 659 g/mol. The number of nitrogens with zero attached hydrogens (tertiary/aromatic N) is 3. The van der Waals surface area contributed by atoms with Crippen LogP contribution in [0.3, 0.4) is 0 Å². The van der Waals surface area contributed by atoms with Gasteiger partial charge < -0.3 is 8.87 Å². The van der Waals surface area contributed by atoms with Crippen molar-refractivity contribution >= 4 is 27.7 Å². The summed E-state index contributed by atoms with van der Waals surface area (Å²) in [5.41, 5.74) is 5.18. The molecule has 0 aliphatic carbocycles. The molecule has 1 N–H and O–H groups in total. The molecule has 4 aromatic carbocycles. The van der Waals surface area contributed by atoms with Gasteiger partial charge in [0.15, 0.2) is 9.84 Å². The van der Waals surface area contributed by atoms with Gasteiger partial charge in [0.25, 0.3) is 0 Å². The van der Waals surface area contributed by atoms with E-state index in [1.165, 1.54) is 12.1 Å². The second-order valence-electron chi connectivity index (χ2n) is 12.7. The number of nitrogens with one attached hydrogen (secondary N) is 1. The first-order valence-corrected chi connectivity index (χ1v) is 17.6. The Bertz CT molecular complexity index is 1960. The molecule has 0 unspecified atom stereocenters. The second kappa shape index (κ2) is 13.0. The van der Waals surface area contributed by atoms with Crippen LogP contribution in [0.25, 0.3) is 28.1 Å². The van der Waals surface area contributed by atoms with Crippen LogP contribution >= 0.6 is 12.1 Å². The molecule has 6 rings (SSSR count). The Labute approximate surface area is 273 Å². The van der Waals surface area contributed by atoms with E-state index >= 15 is 0 Å². The molecule has 10 heteroatoms. The predicted molar refractivity (Wildman–Crippen MR) is 183 cm³/mol. The van der Waals surface area contributed by atoms with E-state index < -0.39 is 21.5 Å². The summed E-state index contributed by atoms with van der Waals surface area (Å²) in [6.45, 7) is 7.87. The summed E-state index contributed by atoms with van der Waals surface area (Å²) in [6, 6.07) is 26.6. The number of halogens is 2. The van der Waals surface area contributed by atoms with Gasteiger partial charge in [-0.25, -0.2) is 26.9 Å². The van der Waals surface area contributed by atoms with E-state index in [0.29, 0.717) is 29.3 Å². The van der Waals surface area contributed by atoms with E-state index in [9.17, 15) is 17.2 Å². The molecule has 0 radical (unpaired) electrons. The SMILES string of the molecule is CC(C)(C)CCS(=O)(=O)c1cccc(-c2ccc(Cc3nc(-c4ccc(F)cc4F)cn3-c3cccc(N4CCNS4)c3)cc2)c1. The number of rotatable bonds is 9. The number of benzene rings is 4. The Hall–Kier alpha value is -3.99. The van der Waals surface area contributed by atoms with Crippen molar-refractivity contribution in [1.29, 1.82) is 0 Å². The Balaban J connectivity index is 1.30. The molecule has 6 nitrogen and oxygen atoms in total. The summed E-state index contributed by atoms with van der Waals surface area (Å²) in [4.78, 5) is 5.15. The van der Waals surface area contributed by atoms with Crippen molar-refractivity contribution in [3.8, 4) is 28.1 Å². The van der Waals surface area contributed by atoms with Crippen molar-refractivity contribution in [2.75, 3.05) is 23.1 Å². The molecule has 1 aliphatic heterocycles. The molecule has 1 fully saturated rings. The van der Waals surface area contributed by atoms with Crippen molar-refractivity contribution in [1.82, 2.24) is 14.3 Å².